The first-order chi connectivity index (χ1) is 7.75. The monoisotopic (exact) mass is 361 g/mol. The van der Waals surface area contributed by atoms with E-state index < -0.39 is 0 Å². The predicted molar refractivity (Wildman–Crippen MR) is 78.8 cm³/mol. The van der Waals surface area contributed by atoms with Crippen molar-refractivity contribution in [3.8, 4) is 0 Å². The second-order valence-corrected chi connectivity index (χ2v) is 6.93. The minimum Gasteiger partial charge on any atom is -0.346 e. The molecular formula is C13H17Br2NO. The summed E-state index contributed by atoms with van der Waals surface area (Å²) in [6.07, 6.45) is 0. The molecule has 0 saturated heterocycles. The van der Waals surface area contributed by atoms with Gasteiger partial charge >= 0.3 is 0 Å². The van der Waals surface area contributed by atoms with Crippen molar-refractivity contribution in [2.75, 3.05) is 0 Å². The lowest BCUT2D eigenvalue weighted by Gasteiger charge is -2.29. The molecule has 1 aromatic rings. The van der Waals surface area contributed by atoms with Crippen molar-refractivity contribution in [1.29, 1.82) is 0 Å². The molecule has 1 N–H and O–H groups in total. The van der Waals surface area contributed by atoms with Crippen LogP contribution in [0.1, 0.15) is 36.7 Å². The molecule has 1 rings (SSSR count). The van der Waals surface area contributed by atoms with Crippen molar-refractivity contribution in [1.82, 2.24) is 5.32 Å². The van der Waals surface area contributed by atoms with Crippen molar-refractivity contribution in [2.24, 2.45) is 0 Å². The minimum atomic E-state index is -0.286. The summed E-state index contributed by atoms with van der Waals surface area (Å²) < 4.78 is 0.954. The summed E-state index contributed by atoms with van der Waals surface area (Å²) in [5.41, 5.74) is 1.38. The van der Waals surface area contributed by atoms with Crippen LogP contribution in [0.3, 0.4) is 0 Å². The summed E-state index contributed by atoms with van der Waals surface area (Å²) in [5, 5.41) is 3.03. The molecule has 0 spiro atoms. The average Bonchev–Trinajstić information content (AvgIpc) is 2.21. The molecule has 0 bridgehead atoms. The molecule has 1 unspecified atom stereocenters. The third kappa shape index (κ3) is 3.55. The van der Waals surface area contributed by atoms with Crippen LogP contribution < -0.4 is 5.32 Å². The lowest BCUT2D eigenvalue weighted by molar-refractivity contribution is 0.0913. The van der Waals surface area contributed by atoms with E-state index in [1.165, 1.54) is 0 Å². The van der Waals surface area contributed by atoms with Gasteiger partial charge in [0, 0.05) is 20.4 Å². The molecule has 94 valence electrons. The molecule has 17 heavy (non-hydrogen) atoms. The normalized spacial score (nSPS) is 13.3. The van der Waals surface area contributed by atoms with Gasteiger partial charge in [0.1, 0.15) is 0 Å². The fourth-order valence-corrected chi connectivity index (χ4v) is 1.79. The number of amides is 1. The zero-order valence-electron chi connectivity index (χ0n) is 10.5. The van der Waals surface area contributed by atoms with E-state index >= 15 is 0 Å². The standard InChI is InChI=1S/C13H17Br2NO/c1-8-10(6-5-7-11(8)15)12(17)16-13(3,4)9(2)14/h5-7,9H,1-4H3,(H,16,17). The Labute approximate surface area is 119 Å². The van der Waals surface area contributed by atoms with Gasteiger partial charge in [-0.25, -0.2) is 0 Å². The van der Waals surface area contributed by atoms with Crippen LogP contribution in [0.25, 0.3) is 0 Å². The Hall–Kier alpha value is -0.350. The maximum Gasteiger partial charge on any atom is 0.252 e. The number of alkyl halides is 1. The van der Waals surface area contributed by atoms with Gasteiger partial charge in [-0.3, -0.25) is 4.79 Å². The van der Waals surface area contributed by atoms with E-state index in [0.29, 0.717) is 5.56 Å². The molecule has 0 radical (unpaired) electrons. The highest BCUT2D eigenvalue weighted by Gasteiger charge is 2.26. The minimum absolute atomic E-state index is 0.0416. The fourth-order valence-electron chi connectivity index (χ4n) is 1.31. The largest absolute Gasteiger partial charge is 0.346 e. The van der Waals surface area contributed by atoms with Crippen molar-refractivity contribution in [2.45, 2.75) is 38.1 Å². The van der Waals surface area contributed by atoms with Crippen LogP contribution >= 0.6 is 31.9 Å². The van der Waals surface area contributed by atoms with E-state index in [0.717, 1.165) is 10.0 Å². The molecule has 2 nitrogen and oxygen atoms in total. The third-order valence-electron chi connectivity index (χ3n) is 2.94. The van der Waals surface area contributed by atoms with Crippen LogP contribution in [-0.4, -0.2) is 16.3 Å². The molecule has 0 aliphatic rings. The highest BCUT2D eigenvalue weighted by molar-refractivity contribution is 9.10. The fraction of sp³-hybridized carbons (Fsp3) is 0.462. The molecule has 1 amide bonds. The Morgan fingerprint density at radius 1 is 1.41 bits per heavy atom. The maximum atomic E-state index is 12.2. The highest BCUT2D eigenvalue weighted by atomic mass is 79.9. The summed E-state index contributed by atoms with van der Waals surface area (Å²) in [7, 11) is 0. The van der Waals surface area contributed by atoms with E-state index in [1.807, 2.05) is 45.9 Å². The number of carbonyl (C=O) groups excluding carboxylic acids is 1. The molecule has 0 heterocycles. The van der Waals surface area contributed by atoms with Gasteiger partial charge in [0.15, 0.2) is 0 Å². The molecule has 0 aromatic heterocycles. The first-order valence-electron chi connectivity index (χ1n) is 5.47. The summed E-state index contributed by atoms with van der Waals surface area (Å²) >= 11 is 6.94. The Bertz CT molecular complexity index is 427. The lowest BCUT2D eigenvalue weighted by atomic mass is 10.00. The zero-order chi connectivity index (χ0) is 13.2. The van der Waals surface area contributed by atoms with Gasteiger partial charge in [0.05, 0.1) is 0 Å². The van der Waals surface area contributed by atoms with Crippen LogP contribution in [-0.2, 0) is 0 Å². The molecule has 0 aliphatic carbocycles. The van der Waals surface area contributed by atoms with Gasteiger partial charge in [-0.05, 0) is 38.5 Å². The zero-order valence-corrected chi connectivity index (χ0v) is 13.6. The molecule has 1 aromatic carbocycles. The van der Waals surface area contributed by atoms with Gasteiger partial charge in [0.2, 0.25) is 0 Å². The summed E-state index contributed by atoms with van der Waals surface area (Å²) in [6, 6.07) is 5.64. The highest BCUT2D eigenvalue weighted by Crippen LogP contribution is 2.21. The van der Waals surface area contributed by atoms with Crippen LogP contribution in [0.4, 0.5) is 0 Å². The first-order valence-corrected chi connectivity index (χ1v) is 7.18. The summed E-state index contributed by atoms with van der Waals surface area (Å²) in [6.45, 7) is 7.95. The SMILES string of the molecule is Cc1c(Br)cccc1C(=O)NC(C)(C)C(C)Br. The second-order valence-electron chi connectivity index (χ2n) is 4.70. The smallest absolute Gasteiger partial charge is 0.252 e. The number of nitrogens with one attached hydrogen (secondary N) is 1. The van der Waals surface area contributed by atoms with Crippen LogP contribution in [0, 0.1) is 6.92 Å². The number of carbonyl (C=O) groups is 1. The molecule has 4 heteroatoms. The second kappa shape index (κ2) is 5.53. The number of hydrogen-bond acceptors (Lipinski definition) is 1. The molecule has 0 saturated carbocycles. The van der Waals surface area contributed by atoms with Gasteiger partial charge < -0.3 is 5.32 Å². The van der Waals surface area contributed by atoms with Crippen molar-refractivity contribution in [3.05, 3.63) is 33.8 Å². The van der Waals surface area contributed by atoms with Gasteiger partial charge in [0.25, 0.3) is 5.91 Å². The Morgan fingerprint density at radius 3 is 2.53 bits per heavy atom. The third-order valence-corrected chi connectivity index (χ3v) is 4.95. The lowest BCUT2D eigenvalue weighted by Crippen LogP contribution is -2.49. The molecular weight excluding hydrogens is 346 g/mol. The molecule has 0 aliphatic heterocycles. The molecule has 1 atom stereocenters. The van der Waals surface area contributed by atoms with Gasteiger partial charge in [-0.2, -0.15) is 0 Å². The quantitative estimate of drug-likeness (QED) is 0.807. The Morgan fingerprint density at radius 2 is 2.00 bits per heavy atom. The van der Waals surface area contributed by atoms with Crippen molar-refractivity contribution < 1.29 is 4.79 Å². The number of hydrogen-bond donors (Lipinski definition) is 1. The summed E-state index contributed by atoms with van der Waals surface area (Å²) in [4.78, 5) is 12.4. The van der Waals surface area contributed by atoms with Crippen LogP contribution in [0.2, 0.25) is 0 Å². The van der Waals surface area contributed by atoms with Crippen molar-refractivity contribution >= 4 is 37.8 Å². The van der Waals surface area contributed by atoms with E-state index in [1.54, 1.807) is 0 Å². The van der Waals surface area contributed by atoms with Gasteiger partial charge in [-0.15, -0.1) is 0 Å². The molecule has 0 fully saturated rings. The van der Waals surface area contributed by atoms with Crippen LogP contribution in [0.5, 0.6) is 0 Å². The van der Waals surface area contributed by atoms with Crippen molar-refractivity contribution in [3.63, 3.8) is 0 Å². The van der Waals surface area contributed by atoms with E-state index in [2.05, 4.69) is 37.2 Å². The predicted octanol–water partition coefficient (Wildman–Crippen LogP) is 4.05. The number of rotatable bonds is 3. The first kappa shape index (κ1) is 14.7. The van der Waals surface area contributed by atoms with Crippen LogP contribution in [0.15, 0.2) is 22.7 Å². The van der Waals surface area contributed by atoms with E-state index in [4.69, 9.17) is 0 Å². The summed E-state index contributed by atoms with van der Waals surface area (Å²) in [5.74, 6) is -0.0416. The average molecular weight is 363 g/mol. The Balaban J connectivity index is 2.95. The topological polar surface area (TPSA) is 29.1 Å². The van der Waals surface area contributed by atoms with E-state index in [9.17, 15) is 4.79 Å². The van der Waals surface area contributed by atoms with E-state index in [-0.39, 0.29) is 16.3 Å². The number of benzene rings is 1. The number of halogens is 2. The Kier molecular flexibility index (Phi) is 4.78. The van der Waals surface area contributed by atoms with Gasteiger partial charge in [-0.1, -0.05) is 44.8 Å². The maximum absolute atomic E-state index is 12.2.